The summed E-state index contributed by atoms with van der Waals surface area (Å²) in [5, 5.41) is 0. The second kappa shape index (κ2) is 57.9. The van der Waals surface area contributed by atoms with Crippen LogP contribution >= 0.6 is 0 Å². The first kappa shape index (κ1) is 66.3. The molecule has 1 atom stereocenters. The number of hydrogen-bond donors (Lipinski definition) is 0. The number of unbranched alkanes of at least 4 members (excludes halogenated alkanes) is 25. The van der Waals surface area contributed by atoms with Gasteiger partial charge in [0.2, 0.25) is 0 Å². The Bertz CT molecular complexity index is 1400. The predicted molar refractivity (Wildman–Crippen MR) is 302 cm³/mol. The van der Waals surface area contributed by atoms with Crippen molar-refractivity contribution in [2.24, 2.45) is 0 Å². The number of carbonyl (C=O) groups is 3. The SMILES string of the molecule is CC/C=C\C/C=C\C/C=C\C/C=C\CCCCCCCCC(=O)OCC(COC(=O)CCCC/C=C\C/C=C\C/C=C\C/C=C\CC)OC(=O)CCCCCCCCCCCCCCCCCCCC. The maximum Gasteiger partial charge on any atom is 0.306 e. The van der Waals surface area contributed by atoms with Crippen LogP contribution in [0.1, 0.15) is 271 Å². The van der Waals surface area contributed by atoms with E-state index in [1.54, 1.807) is 0 Å². The lowest BCUT2D eigenvalue weighted by Crippen LogP contribution is -2.30. The van der Waals surface area contributed by atoms with E-state index in [9.17, 15) is 14.4 Å². The minimum Gasteiger partial charge on any atom is -0.462 e. The third-order valence-corrected chi connectivity index (χ3v) is 12.3. The summed E-state index contributed by atoms with van der Waals surface area (Å²) in [6.07, 6.45) is 76.9. The van der Waals surface area contributed by atoms with Gasteiger partial charge in [0.05, 0.1) is 0 Å². The molecule has 0 N–H and O–H groups in total. The summed E-state index contributed by atoms with van der Waals surface area (Å²) >= 11 is 0. The molecule has 0 aliphatic carbocycles. The molecule has 0 spiro atoms. The van der Waals surface area contributed by atoms with Gasteiger partial charge in [0, 0.05) is 19.3 Å². The molecule has 0 saturated carbocycles. The molecule has 0 saturated heterocycles. The molecular weight excluding hydrogens is 865 g/mol. The van der Waals surface area contributed by atoms with Gasteiger partial charge in [-0.05, 0) is 96.3 Å². The Kier molecular flexibility index (Phi) is 54.9. The number of hydrogen-bond acceptors (Lipinski definition) is 6. The molecule has 0 amide bonds. The van der Waals surface area contributed by atoms with Crippen molar-refractivity contribution in [1.29, 1.82) is 0 Å². The zero-order chi connectivity index (χ0) is 50.7. The average molecular weight is 974 g/mol. The van der Waals surface area contributed by atoms with E-state index in [4.69, 9.17) is 14.2 Å². The first-order valence-electron chi connectivity index (χ1n) is 29.2. The fourth-order valence-corrected chi connectivity index (χ4v) is 8.01. The van der Waals surface area contributed by atoms with E-state index in [-0.39, 0.29) is 31.1 Å². The second-order valence-corrected chi connectivity index (χ2v) is 19.1. The molecule has 1 unspecified atom stereocenters. The van der Waals surface area contributed by atoms with Gasteiger partial charge in [0.25, 0.3) is 0 Å². The lowest BCUT2D eigenvalue weighted by molar-refractivity contribution is -0.167. The molecule has 0 aliphatic heterocycles. The third-order valence-electron chi connectivity index (χ3n) is 12.3. The van der Waals surface area contributed by atoms with E-state index in [1.807, 2.05) is 0 Å². The molecule has 70 heavy (non-hydrogen) atoms. The van der Waals surface area contributed by atoms with Crippen LogP contribution in [0.25, 0.3) is 0 Å². The van der Waals surface area contributed by atoms with Gasteiger partial charge in [0.15, 0.2) is 6.10 Å². The summed E-state index contributed by atoms with van der Waals surface area (Å²) in [7, 11) is 0. The van der Waals surface area contributed by atoms with Gasteiger partial charge in [-0.1, -0.05) is 253 Å². The van der Waals surface area contributed by atoms with E-state index < -0.39 is 6.10 Å². The monoisotopic (exact) mass is 973 g/mol. The summed E-state index contributed by atoms with van der Waals surface area (Å²) in [4.78, 5) is 38.2. The smallest absolute Gasteiger partial charge is 0.306 e. The highest BCUT2D eigenvalue weighted by Gasteiger charge is 2.19. The van der Waals surface area contributed by atoms with Gasteiger partial charge in [-0.2, -0.15) is 0 Å². The first-order valence-corrected chi connectivity index (χ1v) is 29.2. The lowest BCUT2D eigenvalue weighted by Gasteiger charge is -2.18. The fraction of sp³-hybridized carbons (Fsp3) is 0.703. The summed E-state index contributed by atoms with van der Waals surface area (Å²) in [5.41, 5.74) is 0. The van der Waals surface area contributed by atoms with Crippen LogP contribution in [0.4, 0.5) is 0 Å². The first-order chi connectivity index (χ1) is 34.5. The molecule has 0 aliphatic rings. The van der Waals surface area contributed by atoms with Crippen molar-refractivity contribution in [1.82, 2.24) is 0 Å². The highest BCUT2D eigenvalue weighted by Crippen LogP contribution is 2.16. The van der Waals surface area contributed by atoms with Crippen molar-refractivity contribution in [2.75, 3.05) is 13.2 Å². The molecular formula is C64H108O6. The quantitative estimate of drug-likeness (QED) is 0.0262. The number of esters is 3. The van der Waals surface area contributed by atoms with Crippen molar-refractivity contribution in [3.63, 3.8) is 0 Å². The normalized spacial score (nSPS) is 12.8. The van der Waals surface area contributed by atoms with E-state index >= 15 is 0 Å². The molecule has 0 fully saturated rings. The molecule has 0 rings (SSSR count). The maximum atomic E-state index is 12.9. The van der Waals surface area contributed by atoms with Gasteiger partial charge in [-0.3, -0.25) is 14.4 Å². The minimum atomic E-state index is -0.800. The fourth-order valence-electron chi connectivity index (χ4n) is 8.01. The predicted octanol–water partition coefficient (Wildman–Crippen LogP) is 19.7. The van der Waals surface area contributed by atoms with E-state index in [1.165, 1.54) is 109 Å². The van der Waals surface area contributed by atoms with Crippen molar-refractivity contribution >= 4 is 17.9 Å². The molecule has 0 heterocycles. The number of carbonyl (C=O) groups excluding carboxylic acids is 3. The standard InChI is InChI=1S/C64H108O6/c1-4-7-10-13-16-19-22-25-28-30-32-34-36-39-42-45-48-51-54-57-63(66)69-60-61(59-68-62(65)56-53-50-47-44-41-38-35-27-24-21-18-15-12-9-6-3)70-64(67)58-55-52-49-46-43-40-37-33-31-29-26-23-20-17-14-11-8-5-2/h7,9-10,12,16,18-19,21,25,27-28,32,34-35,41,44,61H,4-6,8,11,13-15,17,20,22-24,26,29-31,33,36-40,42-43,45-60H2,1-3H3/b10-7-,12-9-,19-16-,21-18-,28-25-,34-32-,35-27-,44-41-. The van der Waals surface area contributed by atoms with Crippen LogP contribution in [-0.2, 0) is 28.6 Å². The van der Waals surface area contributed by atoms with Crippen molar-refractivity contribution < 1.29 is 28.6 Å². The lowest BCUT2D eigenvalue weighted by atomic mass is 10.0. The third kappa shape index (κ3) is 55.3. The highest BCUT2D eigenvalue weighted by atomic mass is 16.6. The van der Waals surface area contributed by atoms with Crippen molar-refractivity contribution in [3.8, 4) is 0 Å². The van der Waals surface area contributed by atoms with E-state index in [2.05, 4.69) is 118 Å². The number of rotatable bonds is 52. The summed E-state index contributed by atoms with van der Waals surface area (Å²) in [5.74, 6) is -0.945. The Morgan fingerprint density at radius 2 is 0.557 bits per heavy atom. The van der Waals surface area contributed by atoms with Gasteiger partial charge >= 0.3 is 17.9 Å². The second-order valence-electron chi connectivity index (χ2n) is 19.1. The van der Waals surface area contributed by atoms with Gasteiger partial charge < -0.3 is 14.2 Å². The Labute approximate surface area is 432 Å². The number of allylic oxidation sites excluding steroid dienone is 16. The molecule has 0 aromatic rings. The molecule has 0 bridgehead atoms. The van der Waals surface area contributed by atoms with Crippen LogP contribution in [0.2, 0.25) is 0 Å². The van der Waals surface area contributed by atoms with Gasteiger partial charge in [0.1, 0.15) is 13.2 Å². The number of ether oxygens (including phenoxy) is 3. The maximum absolute atomic E-state index is 12.9. The average Bonchev–Trinajstić information content (AvgIpc) is 3.36. The Hall–Kier alpha value is -3.67. The minimum absolute atomic E-state index is 0.0971. The van der Waals surface area contributed by atoms with E-state index in [0.29, 0.717) is 19.3 Å². The Morgan fingerprint density at radius 3 is 0.900 bits per heavy atom. The molecule has 6 nitrogen and oxygen atoms in total. The Balaban J connectivity index is 4.44. The summed E-state index contributed by atoms with van der Waals surface area (Å²) < 4.78 is 16.8. The Morgan fingerprint density at radius 1 is 0.300 bits per heavy atom. The summed E-state index contributed by atoms with van der Waals surface area (Å²) in [6.45, 7) is 6.38. The van der Waals surface area contributed by atoms with Crippen molar-refractivity contribution in [3.05, 3.63) is 97.2 Å². The molecule has 6 heteroatoms. The zero-order valence-corrected chi connectivity index (χ0v) is 45.8. The molecule has 0 aromatic carbocycles. The molecule has 0 aromatic heterocycles. The van der Waals surface area contributed by atoms with Crippen molar-refractivity contribution in [2.45, 2.75) is 277 Å². The van der Waals surface area contributed by atoms with Crippen LogP contribution in [0, 0.1) is 0 Å². The van der Waals surface area contributed by atoms with E-state index in [0.717, 1.165) is 122 Å². The largest absolute Gasteiger partial charge is 0.462 e. The summed E-state index contributed by atoms with van der Waals surface area (Å²) in [6, 6.07) is 0. The van der Waals surface area contributed by atoms with Gasteiger partial charge in [-0.15, -0.1) is 0 Å². The highest BCUT2D eigenvalue weighted by molar-refractivity contribution is 5.71. The molecule has 0 radical (unpaired) electrons. The van der Waals surface area contributed by atoms with Gasteiger partial charge in [-0.25, -0.2) is 0 Å². The van der Waals surface area contributed by atoms with Crippen LogP contribution in [-0.4, -0.2) is 37.2 Å². The zero-order valence-electron chi connectivity index (χ0n) is 45.8. The topological polar surface area (TPSA) is 78.9 Å². The molecule has 400 valence electrons. The van der Waals surface area contributed by atoms with Crippen LogP contribution in [0.5, 0.6) is 0 Å². The van der Waals surface area contributed by atoms with Crippen LogP contribution in [0.3, 0.4) is 0 Å². The van der Waals surface area contributed by atoms with Crippen LogP contribution < -0.4 is 0 Å². The van der Waals surface area contributed by atoms with Crippen LogP contribution in [0.15, 0.2) is 97.2 Å².